The van der Waals surface area contributed by atoms with Crippen molar-refractivity contribution in [3.05, 3.63) is 96.6 Å². The summed E-state index contributed by atoms with van der Waals surface area (Å²) in [6.07, 6.45) is -1.88. The van der Waals surface area contributed by atoms with Gasteiger partial charge in [0.15, 0.2) is 8.32 Å². The summed E-state index contributed by atoms with van der Waals surface area (Å²) in [5.74, 6) is -0.452. The van der Waals surface area contributed by atoms with Gasteiger partial charge in [-0.2, -0.15) is 0 Å². The number of para-hydroxylation sites is 2. The predicted molar refractivity (Wildman–Crippen MR) is 165 cm³/mol. The topological polar surface area (TPSA) is 106 Å². The zero-order chi connectivity index (χ0) is 30.0. The molecular formula is C33H40N2O6Si. The van der Waals surface area contributed by atoms with Gasteiger partial charge in [0.25, 0.3) is 0 Å². The third-order valence-corrected chi connectivity index (χ3v) is 12.4. The molecule has 8 nitrogen and oxygen atoms in total. The first-order valence-corrected chi connectivity index (χ1v) is 17.4. The minimum absolute atomic E-state index is 0.0762. The summed E-state index contributed by atoms with van der Waals surface area (Å²) in [5.41, 5.74) is 1.80. The highest BCUT2D eigenvalue weighted by molar-refractivity contribution is 6.74. The molecule has 0 heterocycles. The van der Waals surface area contributed by atoms with Crippen LogP contribution in [0.2, 0.25) is 18.1 Å². The third-order valence-electron chi connectivity index (χ3n) is 9.22. The van der Waals surface area contributed by atoms with Gasteiger partial charge in [-0.3, -0.25) is 10.6 Å². The molecule has 2 fully saturated rings. The Bertz CT molecular complexity index is 1370. The number of hydrogen-bond acceptors (Lipinski definition) is 6. The summed E-state index contributed by atoms with van der Waals surface area (Å²) in [6.45, 7) is 8.66. The first-order valence-electron chi connectivity index (χ1n) is 14.5. The fourth-order valence-electron chi connectivity index (χ4n) is 7.43. The monoisotopic (exact) mass is 588 g/mol. The van der Waals surface area contributed by atoms with Crippen LogP contribution in [0.15, 0.2) is 91.0 Å². The van der Waals surface area contributed by atoms with Crippen LogP contribution in [0.25, 0.3) is 0 Å². The van der Waals surface area contributed by atoms with E-state index in [2.05, 4.69) is 17.6 Å². The summed E-state index contributed by atoms with van der Waals surface area (Å²) in [6, 6.07) is 28.2. The molecule has 2 aliphatic carbocycles. The van der Waals surface area contributed by atoms with Crippen molar-refractivity contribution in [1.29, 1.82) is 0 Å². The molecule has 2 amide bonds. The van der Waals surface area contributed by atoms with Crippen LogP contribution < -0.4 is 10.6 Å². The van der Waals surface area contributed by atoms with Gasteiger partial charge in [0, 0.05) is 27.7 Å². The number of anilines is 2. The average Bonchev–Trinajstić information content (AvgIpc) is 3.51. The van der Waals surface area contributed by atoms with Gasteiger partial charge in [0.05, 0.1) is 13.2 Å². The number of amides is 2. The second-order valence-corrected chi connectivity index (χ2v) is 16.2. The number of carbonyl (C=O) groups excluding carboxylic acids is 2. The molecule has 3 N–H and O–H groups in total. The highest BCUT2D eigenvalue weighted by atomic mass is 28.4. The molecule has 42 heavy (non-hydrogen) atoms. The number of ether oxygens (including phenoxy) is 3. The highest BCUT2D eigenvalue weighted by Gasteiger charge is 2.86. The van der Waals surface area contributed by atoms with Crippen LogP contribution >= 0.6 is 0 Å². The molecule has 0 aromatic heterocycles. The maximum Gasteiger partial charge on any atom is 0.411 e. The molecule has 3 aromatic rings. The van der Waals surface area contributed by atoms with Crippen LogP contribution in [0.1, 0.15) is 25.8 Å². The molecule has 2 unspecified atom stereocenters. The smallest absolute Gasteiger partial charge is 0.411 e. The average molecular weight is 589 g/mol. The standard InChI is InChI=1S/C33H40N2O6Si/c1-23-27(40-30(36)34-25-16-10-6-11-17-25)20-28-32(2,22-39-21-24-14-8-5-9-15-24)33(28,42(3,4)38)29(23)41-31(37)35-26-18-12-7-13-19-26/h5-19,23,27-29,38H,20-22H2,1-4H3,(H,34,36)(H,35,37)/t23-,27-,28?,29+,32?,33+/m0/s1. The van der Waals surface area contributed by atoms with Crippen LogP contribution in [-0.2, 0) is 20.8 Å². The van der Waals surface area contributed by atoms with Crippen molar-refractivity contribution in [2.75, 3.05) is 17.2 Å². The van der Waals surface area contributed by atoms with E-state index >= 15 is 0 Å². The number of fused-ring (bicyclic) bond motifs is 1. The number of benzene rings is 3. The van der Waals surface area contributed by atoms with Crippen molar-refractivity contribution in [3.63, 3.8) is 0 Å². The summed E-state index contributed by atoms with van der Waals surface area (Å²) in [7, 11) is -3.01. The van der Waals surface area contributed by atoms with Crippen LogP contribution in [0.5, 0.6) is 0 Å². The van der Waals surface area contributed by atoms with Crippen molar-refractivity contribution in [2.24, 2.45) is 17.3 Å². The molecule has 0 saturated heterocycles. The van der Waals surface area contributed by atoms with E-state index < -0.39 is 43.2 Å². The van der Waals surface area contributed by atoms with E-state index in [4.69, 9.17) is 14.2 Å². The molecule has 9 heteroatoms. The Kier molecular flexibility index (Phi) is 8.46. The van der Waals surface area contributed by atoms with Crippen molar-refractivity contribution in [3.8, 4) is 0 Å². The van der Waals surface area contributed by atoms with Gasteiger partial charge in [0.1, 0.15) is 12.2 Å². The van der Waals surface area contributed by atoms with Crippen LogP contribution in [0.4, 0.5) is 21.0 Å². The fraction of sp³-hybridized carbons (Fsp3) is 0.394. The lowest BCUT2D eigenvalue weighted by Crippen LogP contribution is -2.54. The van der Waals surface area contributed by atoms with Crippen molar-refractivity contribution < 1.29 is 28.6 Å². The maximum atomic E-state index is 13.3. The Morgan fingerprint density at radius 1 is 0.857 bits per heavy atom. The second-order valence-electron chi connectivity index (χ2n) is 12.2. The first kappa shape index (κ1) is 29.8. The Balaban J connectivity index is 1.41. The molecule has 0 aliphatic heterocycles. The number of hydrogen-bond donors (Lipinski definition) is 3. The van der Waals surface area contributed by atoms with Gasteiger partial charge < -0.3 is 19.0 Å². The summed E-state index contributed by atoms with van der Waals surface area (Å²) < 4.78 is 18.5. The van der Waals surface area contributed by atoms with Gasteiger partial charge in [-0.25, -0.2) is 9.59 Å². The van der Waals surface area contributed by atoms with Gasteiger partial charge in [-0.1, -0.05) is 80.6 Å². The molecule has 2 saturated carbocycles. The fourth-order valence-corrected chi connectivity index (χ4v) is 11.3. The van der Waals surface area contributed by atoms with Crippen molar-refractivity contribution in [2.45, 2.75) is 57.2 Å². The lowest BCUT2D eigenvalue weighted by Gasteiger charge is -2.45. The minimum atomic E-state index is -3.01. The number of nitrogens with one attached hydrogen (secondary N) is 2. The molecule has 0 bridgehead atoms. The highest BCUT2D eigenvalue weighted by Crippen LogP contribution is 2.84. The molecule has 222 valence electrons. The van der Waals surface area contributed by atoms with E-state index in [9.17, 15) is 14.4 Å². The first-order chi connectivity index (χ1) is 20.1. The summed E-state index contributed by atoms with van der Waals surface area (Å²) in [5, 5.41) is 4.92. The predicted octanol–water partition coefficient (Wildman–Crippen LogP) is 7.05. The van der Waals surface area contributed by atoms with Crippen molar-refractivity contribution in [1.82, 2.24) is 0 Å². The quantitative estimate of drug-likeness (QED) is 0.231. The molecule has 2 aliphatic rings. The van der Waals surface area contributed by atoms with Gasteiger partial charge in [0.2, 0.25) is 0 Å². The van der Waals surface area contributed by atoms with E-state index in [0.29, 0.717) is 31.0 Å². The molecule has 0 radical (unpaired) electrons. The zero-order valence-corrected chi connectivity index (χ0v) is 25.6. The Morgan fingerprint density at radius 2 is 1.36 bits per heavy atom. The van der Waals surface area contributed by atoms with Crippen LogP contribution in [0, 0.1) is 17.3 Å². The molecule has 5 rings (SSSR count). The summed E-state index contributed by atoms with van der Waals surface area (Å²) in [4.78, 5) is 38.2. The Morgan fingerprint density at radius 3 is 1.88 bits per heavy atom. The van der Waals surface area contributed by atoms with E-state index in [-0.39, 0.29) is 11.8 Å². The maximum absolute atomic E-state index is 13.3. The van der Waals surface area contributed by atoms with Crippen LogP contribution in [-0.4, -0.2) is 44.1 Å². The van der Waals surface area contributed by atoms with E-state index in [1.807, 2.05) is 86.7 Å². The van der Waals surface area contributed by atoms with Crippen molar-refractivity contribution >= 4 is 31.9 Å². The molecular weight excluding hydrogens is 548 g/mol. The van der Waals surface area contributed by atoms with Gasteiger partial charge in [-0.15, -0.1) is 0 Å². The molecule has 6 atom stereocenters. The number of carbonyl (C=O) groups is 2. The second kappa shape index (κ2) is 11.9. The molecule has 3 aromatic carbocycles. The largest absolute Gasteiger partial charge is 0.446 e. The normalized spacial score (nSPS) is 28.2. The van der Waals surface area contributed by atoms with E-state index in [1.54, 1.807) is 24.3 Å². The van der Waals surface area contributed by atoms with Crippen LogP contribution in [0.3, 0.4) is 0 Å². The van der Waals surface area contributed by atoms with Gasteiger partial charge >= 0.3 is 12.2 Å². The molecule has 0 spiro atoms. The lowest BCUT2D eigenvalue weighted by molar-refractivity contribution is -0.0331. The Hall–Kier alpha value is -3.66. The van der Waals surface area contributed by atoms with E-state index in [1.165, 1.54) is 0 Å². The Labute approximate surface area is 248 Å². The lowest BCUT2D eigenvalue weighted by atomic mass is 9.84. The summed E-state index contributed by atoms with van der Waals surface area (Å²) >= 11 is 0. The SMILES string of the molecule is C[C@H]1[C@@H](OC(=O)Nc2ccccc2)CC2C(C)(COCc3ccccc3)[C@]2([Si](C)(C)O)[C@@H]1OC(=O)Nc1ccccc1. The zero-order valence-electron chi connectivity index (χ0n) is 24.6. The third kappa shape index (κ3) is 5.69. The minimum Gasteiger partial charge on any atom is -0.446 e. The van der Waals surface area contributed by atoms with E-state index in [0.717, 1.165) is 5.56 Å². The van der Waals surface area contributed by atoms with Gasteiger partial charge in [-0.05, 0) is 55.3 Å². The number of rotatable bonds is 9.